The van der Waals surface area contributed by atoms with Crippen LogP contribution < -0.4 is 4.74 Å². The summed E-state index contributed by atoms with van der Waals surface area (Å²) in [6, 6.07) is 16.9. The molecule has 2 rings (SSSR count). The quantitative estimate of drug-likeness (QED) is 0.743. The standard InChI is InChI=1S/C17H21O5P/c1-20-23(19,21-2)13-16(18)15-10-6-7-11-17(15)22-12-14-8-4-3-5-9-14/h3-11,16,18H,12-13H2,1-2H3/t16-/m1/s1. The van der Waals surface area contributed by atoms with Gasteiger partial charge in [-0.25, -0.2) is 0 Å². The first-order valence-corrected chi connectivity index (χ1v) is 8.95. The first-order chi connectivity index (χ1) is 11.1. The van der Waals surface area contributed by atoms with Crippen molar-refractivity contribution in [2.75, 3.05) is 20.4 Å². The molecule has 0 fully saturated rings. The van der Waals surface area contributed by atoms with E-state index >= 15 is 0 Å². The normalized spacial score (nSPS) is 12.8. The molecule has 0 saturated carbocycles. The monoisotopic (exact) mass is 336 g/mol. The third-order valence-electron chi connectivity index (χ3n) is 3.47. The summed E-state index contributed by atoms with van der Waals surface area (Å²) in [4.78, 5) is 0. The van der Waals surface area contributed by atoms with Crippen molar-refractivity contribution in [2.45, 2.75) is 12.7 Å². The molecule has 0 aliphatic carbocycles. The lowest BCUT2D eigenvalue weighted by molar-refractivity contribution is 0.177. The molecule has 0 amide bonds. The van der Waals surface area contributed by atoms with E-state index in [1.165, 1.54) is 14.2 Å². The zero-order chi connectivity index (χ0) is 16.7. The van der Waals surface area contributed by atoms with Crippen molar-refractivity contribution in [1.82, 2.24) is 0 Å². The predicted molar refractivity (Wildman–Crippen MR) is 88.7 cm³/mol. The molecule has 23 heavy (non-hydrogen) atoms. The summed E-state index contributed by atoms with van der Waals surface area (Å²) in [6.07, 6.45) is -1.14. The average Bonchev–Trinajstić information content (AvgIpc) is 2.61. The second kappa shape index (κ2) is 8.27. The summed E-state index contributed by atoms with van der Waals surface area (Å²) < 4.78 is 27.7. The fourth-order valence-corrected chi connectivity index (χ4v) is 3.22. The number of aliphatic hydroxyl groups is 1. The van der Waals surface area contributed by atoms with E-state index in [-0.39, 0.29) is 6.16 Å². The van der Waals surface area contributed by atoms with E-state index in [4.69, 9.17) is 13.8 Å². The van der Waals surface area contributed by atoms with E-state index in [1.54, 1.807) is 18.2 Å². The van der Waals surface area contributed by atoms with Gasteiger partial charge in [0.05, 0.1) is 12.3 Å². The maximum atomic E-state index is 12.2. The molecular weight excluding hydrogens is 315 g/mol. The van der Waals surface area contributed by atoms with Crippen molar-refractivity contribution in [3.8, 4) is 5.75 Å². The van der Waals surface area contributed by atoms with Gasteiger partial charge in [0.1, 0.15) is 12.4 Å². The third-order valence-corrected chi connectivity index (χ3v) is 5.37. The minimum Gasteiger partial charge on any atom is -0.489 e. The van der Waals surface area contributed by atoms with E-state index in [0.717, 1.165) is 5.56 Å². The lowest BCUT2D eigenvalue weighted by Gasteiger charge is -2.20. The molecule has 6 heteroatoms. The van der Waals surface area contributed by atoms with Crippen LogP contribution in [0.3, 0.4) is 0 Å². The van der Waals surface area contributed by atoms with E-state index in [1.807, 2.05) is 36.4 Å². The second-order valence-corrected chi connectivity index (χ2v) is 7.30. The molecule has 2 aromatic carbocycles. The van der Waals surface area contributed by atoms with Crippen LogP contribution >= 0.6 is 7.60 Å². The van der Waals surface area contributed by atoms with Crippen LogP contribution in [-0.2, 0) is 20.2 Å². The topological polar surface area (TPSA) is 65.0 Å². The summed E-state index contributed by atoms with van der Waals surface area (Å²) in [5, 5.41) is 10.4. The van der Waals surface area contributed by atoms with Crippen LogP contribution in [0.4, 0.5) is 0 Å². The maximum Gasteiger partial charge on any atom is 0.333 e. The summed E-state index contributed by atoms with van der Waals surface area (Å²) in [5.74, 6) is 0.544. The first-order valence-electron chi connectivity index (χ1n) is 7.22. The van der Waals surface area contributed by atoms with Gasteiger partial charge in [0.15, 0.2) is 0 Å². The minimum atomic E-state index is -3.31. The van der Waals surface area contributed by atoms with Crippen molar-refractivity contribution in [3.63, 3.8) is 0 Å². The van der Waals surface area contributed by atoms with Gasteiger partial charge in [0.25, 0.3) is 0 Å². The van der Waals surface area contributed by atoms with Gasteiger partial charge in [-0.1, -0.05) is 48.5 Å². The first kappa shape index (κ1) is 17.7. The highest BCUT2D eigenvalue weighted by Gasteiger charge is 2.28. The summed E-state index contributed by atoms with van der Waals surface area (Å²) in [5.41, 5.74) is 1.58. The fourth-order valence-electron chi connectivity index (χ4n) is 2.16. The number of ether oxygens (including phenoxy) is 1. The molecular formula is C17H21O5P. The van der Waals surface area contributed by atoms with Crippen LogP contribution in [0.1, 0.15) is 17.2 Å². The van der Waals surface area contributed by atoms with Gasteiger partial charge in [-0.2, -0.15) is 0 Å². The van der Waals surface area contributed by atoms with Gasteiger partial charge in [-0.15, -0.1) is 0 Å². The molecule has 0 bridgehead atoms. The molecule has 1 atom stereocenters. The van der Waals surface area contributed by atoms with Crippen LogP contribution in [-0.4, -0.2) is 25.5 Å². The van der Waals surface area contributed by atoms with Crippen molar-refractivity contribution in [2.24, 2.45) is 0 Å². The van der Waals surface area contributed by atoms with Crippen LogP contribution in [0.25, 0.3) is 0 Å². The van der Waals surface area contributed by atoms with Gasteiger partial charge in [-0.05, 0) is 11.6 Å². The molecule has 0 heterocycles. The smallest absolute Gasteiger partial charge is 0.333 e. The maximum absolute atomic E-state index is 12.2. The van der Waals surface area contributed by atoms with Gasteiger partial charge in [0, 0.05) is 19.8 Å². The number of aliphatic hydroxyl groups excluding tert-OH is 1. The lowest BCUT2D eigenvalue weighted by atomic mass is 10.1. The lowest BCUT2D eigenvalue weighted by Crippen LogP contribution is -2.09. The number of para-hydroxylation sites is 1. The van der Waals surface area contributed by atoms with Crippen molar-refractivity contribution in [3.05, 3.63) is 65.7 Å². The number of hydrogen-bond acceptors (Lipinski definition) is 5. The van der Waals surface area contributed by atoms with Gasteiger partial charge >= 0.3 is 7.60 Å². The second-order valence-electron chi connectivity index (χ2n) is 4.99. The minimum absolute atomic E-state index is 0.133. The Balaban J connectivity index is 2.12. The van der Waals surface area contributed by atoms with Crippen molar-refractivity contribution in [1.29, 1.82) is 0 Å². The molecule has 0 aromatic heterocycles. The van der Waals surface area contributed by atoms with Crippen LogP contribution in [0, 0.1) is 0 Å². The molecule has 1 N–H and O–H groups in total. The molecule has 0 spiro atoms. The molecule has 124 valence electrons. The highest BCUT2D eigenvalue weighted by atomic mass is 31.2. The van der Waals surface area contributed by atoms with Gasteiger partial charge in [-0.3, -0.25) is 4.57 Å². The SMILES string of the molecule is COP(=O)(C[C@@H](O)c1ccccc1OCc1ccccc1)OC. The molecule has 0 saturated heterocycles. The fraction of sp³-hybridized carbons (Fsp3) is 0.294. The number of benzene rings is 2. The van der Waals surface area contributed by atoms with Crippen LogP contribution in [0.5, 0.6) is 5.75 Å². The Hall–Kier alpha value is -1.65. The van der Waals surface area contributed by atoms with Crippen LogP contribution in [0.2, 0.25) is 0 Å². The van der Waals surface area contributed by atoms with E-state index in [0.29, 0.717) is 17.9 Å². The highest BCUT2D eigenvalue weighted by molar-refractivity contribution is 7.53. The predicted octanol–water partition coefficient (Wildman–Crippen LogP) is 3.78. The molecule has 2 aromatic rings. The third kappa shape index (κ3) is 4.91. The van der Waals surface area contributed by atoms with E-state index in [2.05, 4.69) is 0 Å². The molecule has 5 nitrogen and oxygen atoms in total. The highest BCUT2D eigenvalue weighted by Crippen LogP contribution is 2.49. The van der Waals surface area contributed by atoms with Gasteiger partial charge < -0.3 is 18.9 Å². The van der Waals surface area contributed by atoms with E-state index in [9.17, 15) is 9.67 Å². The Kier molecular flexibility index (Phi) is 6.37. The molecule has 0 aliphatic heterocycles. The molecule has 0 radical (unpaired) electrons. The Morgan fingerprint density at radius 1 is 1.00 bits per heavy atom. The Bertz CT molecular complexity index is 651. The number of rotatable bonds is 8. The largest absolute Gasteiger partial charge is 0.489 e. The van der Waals surface area contributed by atoms with E-state index < -0.39 is 13.7 Å². The Labute approximate surface area is 136 Å². The van der Waals surface area contributed by atoms with Crippen molar-refractivity contribution < 1.29 is 23.5 Å². The average molecular weight is 336 g/mol. The number of hydrogen-bond donors (Lipinski definition) is 1. The summed E-state index contributed by atoms with van der Waals surface area (Å²) in [7, 11) is -0.704. The summed E-state index contributed by atoms with van der Waals surface area (Å²) >= 11 is 0. The molecule has 0 aliphatic rings. The van der Waals surface area contributed by atoms with Crippen molar-refractivity contribution >= 4 is 7.60 Å². The zero-order valence-electron chi connectivity index (χ0n) is 13.2. The molecule has 0 unspecified atom stereocenters. The zero-order valence-corrected chi connectivity index (χ0v) is 14.1. The Morgan fingerprint density at radius 2 is 1.61 bits per heavy atom. The van der Waals surface area contributed by atoms with Crippen LogP contribution in [0.15, 0.2) is 54.6 Å². The van der Waals surface area contributed by atoms with Gasteiger partial charge in [0.2, 0.25) is 0 Å². The summed E-state index contributed by atoms with van der Waals surface area (Å²) in [6.45, 7) is 0.386. The Morgan fingerprint density at radius 3 is 2.26 bits per heavy atom.